The Balaban J connectivity index is 2.74. The Labute approximate surface area is 95.1 Å². The lowest BCUT2D eigenvalue weighted by Gasteiger charge is -2.10. The summed E-state index contributed by atoms with van der Waals surface area (Å²) in [4.78, 5) is 0. The second-order valence-electron chi connectivity index (χ2n) is 3.37. The predicted molar refractivity (Wildman–Crippen MR) is 62.3 cm³/mol. The van der Waals surface area contributed by atoms with Gasteiger partial charge in [0.05, 0.1) is 6.10 Å². The van der Waals surface area contributed by atoms with E-state index >= 15 is 0 Å². The van der Waals surface area contributed by atoms with Gasteiger partial charge in [0.15, 0.2) is 0 Å². The highest BCUT2D eigenvalue weighted by molar-refractivity contribution is 6.25. The van der Waals surface area contributed by atoms with E-state index in [9.17, 15) is 5.11 Å². The van der Waals surface area contributed by atoms with Gasteiger partial charge in [-0.15, -0.1) is 0 Å². The molecular formula is C12H15ClO2. The van der Waals surface area contributed by atoms with Gasteiger partial charge < -0.3 is 9.84 Å². The number of ether oxygens (including phenoxy) is 1. The van der Waals surface area contributed by atoms with E-state index in [1.165, 1.54) is 5.54 Å². The summed E-state index contributed by atoms with van der Waals surface area (Å²) >= 11 is 5.38. The summed E-state index contributed by atoms with van der Waals surface area (Å²) in [7, 11) is 0. The van der Waals surface area contributed by atoms with Crippen LogP contribution >= 0.6 is 11.6 Å². The van der Waals surface area contributed by atoms with Gasteiger partial charge in [0.25, 0.3) is 0 Å². The highest BCUT2D eigenvalue weighted by atomic mass is 35.5. The topological polar surface area (TPSA) is 29.5 Å². The van der Waals surface area contributed by atoms with Crippen molar-refractivity contribution in [1.82, 2.24) is 0 Å². The molecule has 0 radical (unpaired) electrons. The fraction of sp³-hybridized carbons (Fsp3) is 0.333. The third-order valence-corrected chi connectivity index (χ3v) is 2.28. The first kappa shape index (κ1) is 12.1. The lowest BCUT2D eigenvalue weighted by atomic mass is 10.1. The van der Waals surface area contributed by atoms with E-state index in [0.717, 1.165) is 16.9 Å². The maximum absolute atomic E-state index is 9.38. The van der Waals surface area contributed by atoms with Crippen molar-refractivity contribution in [2.24, 2.45) is 0 Å². The normalized spacial score (nSPS) is 13.1. The number of hydrogen-bond donors (Lipinski definition) is 1. The molecule has 0 bridgehead atoms. The molecule has 3 heteroatoms. The molecule has 1 N–H and O–H groups in total. The van der Waals surface area contributed by atoms with Crippen molar-refractivity contribution in [2.45, 2.75) is 20.0 Å². The molecular weight excluding hydrogens is 212 g/mol. The van der Waals surface area contributed by atoms with Gasteiger partial charge in [-0.2, -0.15) is 0 Å². The minimum atomic E-state index is -0.444. The molecule has 1 unspecified atom stereocenters. The summed E-state index contributed by atoms with van der Waals surface area (Å²) in [5.74, 6) is 0.814. The fourth-order valence-electron chi connectivity index (χ4n) is 1.27. The van der Waals surface area contributed by atoms with Crippen LogP contribution in [-0.4, -0.2) is 11.7 Å². The zero-order valence-corrected chi connectivity index (χ0v) is 9.66. The first-order valence-electron chi connectivity index (χ1n) is 4.81. The average Bonchev–Trinajstić information content (AvgIpc) is 2.20. The standard InChI is InChI=1S/C12H15ClO2/c1-9-8-11(10(2)14)4-5-12(9)15-7-3-6-13/h3-6,8,10,14H,7H2,1-2H3/b6-3+. The van der Waals surface area contributed by atoms with Gasteiger partial charge in [0, 0.05) is 5.54 Å². The van der Waals surface area contributed by atoms with Crippen molar-refractivity contribution in [3.8, 4) is 5.75 Å². The van der Waals surface area contributed by atoms with E-state index in [1.54, 1.807) is 13.0 Å². The van der Waals surface area contributed by atoms with Crippen molar-refractivity contribution >= 4 is 11.6 Å². The predicted octanol–water partition coefficient (Wildman–Crippen LogP) is 3.18. The molecule has 1 aromatic rings. The highest BCUT2D eigenvalue weighted by Crippen LogP contribution is 2.22. The first-order chi connectivity index (χ1) is 7.15. The third-order valence-electron chi connectivity index (χ3n) is 2.11. The van der Waals surface area contributed by atoms with Crippen LogP contribution in [0.5, 0.6) is 5.75 Å². The fourth-order valence-corrected chi connectivity index (χ4v) is 1.34. The quantitative estimate of drug-likeness (QED) is 0.855. The molecule has 0 spiro atoms. The zero-order valence-electron chi connectivity index (χ0n) is 8.90. The highest BCUT2D eigenvalue weighted by Gasteiger charge is 2.04. The number of benzene rings is 1. The Morgan fingerprint density at radius 2 is 2.27 bits per heavy atom. The van der Waals surface area contributed by atoms with Crippen molar-refractivity contribution in [3.63, 3.8) is 0 Å². The molecule has 0 amide bonds. The lowest BCUT2D eigenvalue weighted by molar-refractivity contribution is 0.199. The van der Waals surface area contributed by atoms with Gasteiger partial charge in [-0.25, -0.2) is 0 Å². The second kappa shape index (κ2) is 5.79. The maximum Gasteiger partial charge on any atom is 0.122 e. The number of hydrogen-bond acceptors (Lipinski definition) is 2. The van der Waals surface area contributed by atoms with Crippen molar-refractivity contribution in [1.29, 1.82) is 0 Å². The van der Waals surface area contributed by atoms with Gasteiger partial charge in [-0.3, -0.25) is 0 Å². The molecule has 1 atom stereocenters. The van der Waals surface area contributed by atoms with E-state index in [1.807, 2.05) is 25.1 Å². The summed E-state index contributed by atoms with van der Waals surface area (Å²) in [6.07, 6.45) is 1.28. The smallest absolute Gasteiger partial charge is 0.122 e. The van der Waals surface area contributed by atoms with Crippen LogP contribution in [0.3, 0.4) is 0 Å². The molecule has 0 saturated carbocycles. The number of halogens is 1. The number of aliphatic hydroxyl groups is 1. The number of aryl methyl sites for hydroxylation is 1. The van der Waals surface area contributed by atoms with Crippen LogP contribution in [0.15, 0.2) is 29.8 Å². The molecule has 15 heavy (non-hydrogen) atoms. The molecule has 82 valence electrons. The molecule has 0 aliphatic heterocycles. The Morgan fingerprint density at radius 3 is 2.80 bits per heavy atom. The summed E-state index contributed by atoms with van der Waals surface area (Å²) in [5.41, 5.74) is 3.34. The van der Waals surface area contributed by atoms with Crippen LogP contribution in [0.2, 0.25) is 0 Å². The van der Waals surface area contributed by atoms with E-state index in [4.69, 9.17) is 16.3 Å². The van der Waals surface area contributed by atoms with Gasteiger partial charge >= 0.3 is 0 Å². The summed E-state index contributed by atoms with van der Waals surface area (Å²) < 4.78 is 5.46. The second-order valence-corrected chi connectivity index (χ2v) is 3.63. The van der Waals surface area contributed by atoms with Crippen LogP contribution in [0.4, 0.5) is 0 Å². The van der Waals surface area contributed by atoms with E-state index in [-0.39, 0.29) is 0 Å². The van der Waals surface area contributed by atoms with E-state index in [0.29, 0.717) is 6.61 Å². The molecule has 0 heterocycles. The molecule has 0 aromatic heterocycles. The SMILES string of the molecule is Cc1cc(C(C)O)ccc1OC/C=C/Cl. The molecule has 0 saturated heterocycles. The zero-order chi connectivity index (χ0) is 11.3. The minimum Gasteiger partial charge on any atom is -0.489 e. The number of aliphatic hydroxyl groups excluding tert-OH is 1. The lowest BCUT2D eigenvalue weighted by Crippen LogP contribution is -1.97. The molecule has 0 fully saturated rings. The van der Waals surface area contributed by atoms with Gasteiger partial charge in [-0.05, 0) is 43.2 Å². The minimum absolute atomic E-state index is 0.444. The molecule has 2 nitrogen and oxygen atoms in total. The molecule has 1 aromatic carbocycles. The van der Waals surface area contributed by atoms with Crippen molar-refractivity contribution in [2.75, 3.05) is 6.61 Å². The monoisotopic (exact) mass is 226 g/mol. The summed E-state index contributed by atoms with van der Waals surface area (Å²) in [6, 6.07) is 5.64. The Morgan fingerprint density at radius 1 is 1.53 bits per heavy atom. The summed E-state index contributed by atoms with van der Waals surface area (Å²) in [5, 5.41) is 9.38. The van der Waals surface area contributed by atoms with E-state index in [2.05, 4.69) is 0 Å². The van der Waals surface area contributed by atoms with Crippen molar-refractivity contribution in [3.05, 3.63) is 40.9 Å². The van der Waals surface area contributed by atoms with Crippen LogP contribution in [0.1, 0.15) is 24.2 Å². The van der Waals surface area contributed by atoms with Crippen LogP contribution in [0, 0.1) is 6.92 Å². The van der Waals surface area contributed by atoms with Crippen LogP contribution in [-0.2, 0) is 0 Å². The average molecular weight is 227 g/mol. The van der Waals surface area contributed by atoms with Crippen molar-refractivity contribution < 1.29 is 9.84 Å². The van der Waals surface area contributed by atoms with E-state index < -0.39 is 6.10 Å². The molecule has 0 aliphatic carbocycles. The Hall–Kier alpha value is -0.990. The molecule has 1 rings (SSSR count). The third kappa shape index (κ3) is 3.57. The Kier molecular flexibility index (Phi) is 4.66. The maximum atomic E-state index is 9.38. The van der Waals surface area contributed by atoms with Crippen LogP contribution < -0.4 is 4.74 Å². The number of rotatable bonds is 4. The van der Waals surface area contributed by atoms with Gasteiger partial charge in [-0.1, -0.05) is 17.7 Å². The largest absolute Gasteiger partial charge is 0.489 e. The van der Waals surface area contributed by atoms with Gasteiger partial charge in [0.1, 0.15) is 12.4 Å². The molecule has 0 aliphatic rings. The Bertz CT molecular complexity index is 345. The van der Waals surface area contributed by atoms with Crippen LogP contribution in [0.25, 0.3) is 0 Å². The van der Waals surface area contributed by atoms with Gasteiger partial charge in [0.2, 0.25) is 0 Å². The first-order valence-corrected chi connectivity index (χ1v) is 5.25. The summed E-state index contributed by atoms with van der Waals surface area (Å²) in [6.45, 7) is 4.15.